The summed E-state index contributed by atoms with van der Waals surface area (Å²) in [6, 6.07) is 2.67. The van der Waals surface area contributed by atoms with Gasteiger partial charge in [-0.25, -0.2) is 0 Å². The summed E-state index contributed by atoms with van der Waals surface area (Å²) in [4.78, 5) is 17.8. The summed E-state index contributed by atoms with van der Waals surface area (Å²) in [6.07, 6.45) is 2.77. The highest BCUT2D eigenvalue weighted by molar-refractivity contribution is 5.46. The molecule has 0 amide bonds. The Hall–Kier alpha value is -2.10. The Morgan fingerprint density at radius 3 is 2.38 bits per heavy atom. The van der Waals surface area contributed by atoms with Crippen molar-refractivity contribution in [3.05, 3.63) is 0 Å². The van der Waals surface area contributed by atoms with Gasteiger partial charge in [-0.1, -0.05) is 0 Å². The molecule has 0 spiro atoms. The van der Waals surface area contributed by atoms with Gasteiger partial charge in [-0.05, 0) is 26.7 Å². The molecule has 7 heteroatoms. The van der Waals surface area contributed by atoms with Gasteiger partial charge in [0.05, 0.1) is 12.5 Å². The van der Waals surface area contributed by atoms with Crippen molar-refractivity contribution >= 4 is 17.8 Å². The molecule has 0 radical (unpaired) electrons. The zero-order valence-electron chi connectivity index (χ0n) is 13.0. The molecule has 1 aromatic heterocycles. The number of hydrogen-bond acceptors (Lipinski definition) is 7. The van der Waals surface area contributed by atoms with Crippen molar-refractivity contribution in [3.63, 3.8) is 0 Å². The first kappa shape index (κ1) is 15.3. The third-order valence-electron chi connectivity index (χ3n) is 3.59. The number of anilines is 3. The average Bonchev–Trinajstić information content (AvgIpc) is 3.33. The molecule has 0 saturated heterocycles. The van der Waals surface area contributed by atoms with E-state index in [9.17, 15) is 0 Å². The number of hydrogen-bond donors (Lipinski definition) is 1. The summed E-state index contributed by atoms with van der Waals surface area (Å²) in [5, 5.41) is 11.8. The first-order valence-electron chi connectivity index (χ1n) is 7.55. The summed E-state index contributed by atoms with van der Waals surface area (Å²) in [5.41, 5.74) is 0. The van der Waals surface area contributed by atoms with Crippen LogP contribution in [0.2, 0.25) is 0 Å². The Labute approximate surface area is 126 Å². The van der Waals surface area contributed by atoms with Gasteiger partial charge in [-0.2, -0.15) is 20.2 Å². The lowest BCUT2D eigenvalue weighted by Gasteiger charge is -2.24. The lowest BCUT2D eigenvalue weighted by atomic mass is 10.4. The van der Waals surface area contributed by atoms with Gasteiger partial charge in [0.1, 0.15) is 0 Å². The van der Waals surface area contributed by atoms with Gasteiger partial charge in [0.2, 0.25) is 17.8 Å². The Kier molecular flexibility index (Phi) is 5.14. The fraction of sp³-hybridized carbons (Fsp3) is 0.714. The average molecular weight is 289 g/mol. The molecule has 1 aliphatic rings. The van der Waals surface area contributed by atoms with E-state index < -0.39 is 0 Å². The maximum Gasteiger partial charge on any atom is 0.232 e. The highest BCUT2D eigenvalue weighted by Crippen LogP contribution is 2.30. The van der Waals surface area contributed by atoms with Crippen LogP contribution in [0.5, 0.6) is 0 Å². The largest absolute Gasteiger partial charge is 0.357 e. The molecular weight excluding hydrogens is 266 g/mol. The van der Waals surface area contributed by atoms with Crippen molar-refractivity contribution in [2.24, 2.45) is 0 Å². The van der Waals surface area contributed by atoms with Crippen molar-refractivity contribution in [1.82, 2.24) is 15.0 Å². The number of nitriles is 1. The minimum absolute atomic E-state index is 0.468. The molecule has 0 atom stereocenters. The summed E-state index contributed by atoms with van der Waals surface area (Å²) >= 11 is 0. The van der Waals surface area contributed by atoms with Gasteiger partial charge in [0.15, 0.2) is 0 Å². The number of nitrogens with one attached hydrogen (secondary N) is 1. The molecule has 1 N–H and O–H groups in total. The van der Waals surface area contributed by atoms with E-state index in [1.54, 1.807) is 0 Å². The molecule has 1 heterocycles. The Morgan fingerprint density at radius 2 is 1.86 bits per heavy atom. The van der Waals surface area contributed by atoms with Crippen molar-refractivity contribution in [1.29, 1.82) is 5.26 Å². The molecule has 1 fully saturated rings. The number of rotatable bonds is 8. The molecule has 1 aromatic rings. The molecule has 1 aliphatic carbocycles. The quantitative estimate of drug-likeness (QED) is 0.779. The van der Waals surface area contributed by atoms with E-state index in [1.807, 2.05) is 7.05 Å². The summed E-state index contributed by atoms with van der Waals surface area (Å²) in [7, 11) is 1.81. The van der Waals surface area contributed by atoms with Gasteiger partial charge in [0, 0.05) is 32.7 Å². The molecule has 2 rings (SSSR count). The predicted molar refractivity (Wildman–Crippen MR) is 83.5 cm³/mol. The zero-order valence-corrected chi connectivity index (χ0v) is 13.0. The van der Waals surface area contributed by atoms with Gasteiger partial charge >= 0.3 is 0 Å². The molecule has 0 aliphatic heterocycles. The molecule has 21 heavy (non-hydrogen) atoms. The van der Waals surface area contributed by atoms with Crippen LogP contribution in [0.25, 0.3) is 0 Å². The highest BCUT2D eigenvalue weighted by Gasteiger charge is 2.31. The maximum absolute atomic E-state index is 8.83. The van der Waals surface area contributed by atoms with Crippen molar-refractivity contribution in [2.45, 2.75) is 39.2 Å². The van der Waals surface area contributed by atoms with Crippen LogP contribution in [0.1, 0.15) is 33.1 Å². The maximum atomic E-state index is 8.83. The first-order valence-corrected chi connectivity index (χ1v) is 7.55. The fourth-order valence-electron chi connectivity index (χ4n) is 2.24. The highest BCUT2D eigenvalue weighted by atomic mass is 15.4. The molecule has 114 valence electrons. The third kappa shape index (κ3) is 3.72. The standard InChI is InChI=1S/C14H23N7/c1-4-20(5-2)13-17-12(16-3)18-14(19-13)21(10-6-9-15)11-7-8-11/h11H,4-8,10H2,1-3H3,(H,16,17,18,19). The topological polar surface area (TPSA) is 81.0 Å². The van der Waals surface area contributed by atoms with Crippen molar-refractivity contribution < 1.29 is 0 Å². The molecule has 1 saturated carbocycles. The first-order chi connectivity index (χ1) is 10.2. The van der Waals surface area contributed by atoms with E-state index in [-0.39, 0.29) is 0 Å². The van der Waals surface area contributed by atoms with Crippen LogP contribution < -0.4 is 15.1 Å². The van der Waals surface area contributed by atoms with Gasteiger partial charge in [0.25, 0.3) is 0 Å². The number of aromatic nitrogens is 3. The lowest BCUT2D eigenvalue weighted by Crippen LogP contribution is -2.31. The van der Waals surface area contributed by atoms with Gasteiger partial charge in [-0.3, -0.25) is 0 Å². The van der Waals surface area contributed by atoms with E-state index in [4.69, 9.17) is 5.26 Å². The van der Waals surface area contributed by atoms with Gasteiger partial charge in [-0.15, -0.1) is 0 Å². The van der Waals surface area contributed by atoms with Crippen LogP contribution in [0, 0.1) is 11.3 Å². The lowest BCUT2D eigenvalue weighted by molar-refractivity contribution is 0.742. The molecule has 0 aromatic carbocycles. The van der Waals surface area contributed by atoms with Crippen LogP contribution >= 0.6 is 0 Å². The van der Waals surface area contributed by atoms with Crippen LogP contribution in [0.4, 0.5) is 17.8 Å². The zero-order chi connectivity index (χ0) is 15.2. The van der Waals surface area contributed by atoms with Crippen LogP contribution in [0.3, 0.4) is 0 Å². The Morgan fingerprint density at radius 1 is 1.19 bits per heavy atom. The van der Waals surface area contributed by atoms with Crippen LogP contribution in [-0.2, 0) is 0 Å². The van der Waals surface area contributed by atoms with Crippen molar-refractivity contribution in [2.75, 3.05) is 41.8 Å². The van der Waals surface area contributed by atoms with E-state index in [1.165, 1.54) is 0 Å². The third-order valence-corrected chi connectivity index (χ3v) is 3.59. The normalized spacial score (nSPS) is 13.6. The van der Waals surface area contributed by atoms with Crippen LogP contribution in [0.15, 0.2) is 0 Å². The molecule has 0 unspecified atom stereocenters. The number of nitrogens with zero attached hydrogens (tertiary/aromatic N) is 6. The van der Waals surface area contributed by atoms with E-state index in [2.05, 4.69) is 50.0 Å². The van der Waals surface area contributed by atoms with E-state index >= 15 is 0 Å². The SMILES string of the molecule is CCN(CC)c1nc(NC)nc(N(CCC#N)C2CC2)n1. The molecule has 0 bridgehead atoms. The Balaban J connectivity index is 2.32. The van der Waals surface area contributed by atoms with Crippen molar-refractivity contribution in [3.8, 4) is 6.07 Å². The Bertz CT molecular complexity index is 503. The fourth-order valence-corrected chi connectivity index (χ4v) is 2.24. The van der Waals surface area contributed by atoms with E-state index in [0.717, 1.165) is 25.9 Å². The second kappa shape index (κ2) is 7.07. The summed E-state index contributed by atoms with van der Waals surface area (Å²) in [5.74, 6) is 1.94. The monoisotopic (exact) mass is 289 g/mol. The molecular formula is C14H23N7. The minimum Gasteiger partial charge on any atom is -0.357 e. The smallest absolute Gasteiger partial charge is 0.232 e. The van der Waals surface area contributed by atoms with Crippen LogP contribution in [-0.4, -0.2) is 47.7 Å². The second-order valence-corrected chi connectivity index (χ2v) is 5.01. The van der Waals surface area contributed by atoms with E-state index in [0.29, 0.717) is 36.9 Å². The molecule has 7 nitrogen and oxygen atoms in total. The minimum atomic E-state index is 0.468. The van der Waals surface area contributed by atoms with Gasteiger partial charge < -0.3 is 15.1 Å². The second-order valence-electron chi connectivity index (χ2n) is 5.01. The summed E-state index contributed by atoms with van der Waals surface area (Å²) in [6.45, 7) is 6.54. The predicted octanol–water partition coefficient (Wildman–Crippen LogP) is 1.64. The summed E-state index contributed by atoms with van der Waals surface area (Å²) < 4.78 is 0.